The van der Waals surface area contributed by atoms with Crippen LogP contribution >= 0.6 is 0 Å². The number of alkyl halides is 3. The lowest BCUT2D eigenvalue weighted by molar-refractivity contribution is -0.274. The standard InChI is InChI=1S/C17H18F3NO4S/c1-2-24-12-14-6-4-3-5-13(14)11-21-26(22,23)16-9-7-15(8-10-16)25-17(18,19)20/h3-10,21H,2,11-12H2,1H3. The molecule has 0 saturated heterocycles. The van der Waals surface area contributed by atoms with E-state index < -0.39 is 22.1 Å². The Bertz CT molecular complexity index is 821. The third-order valence-corrected chi connectivity index (χ3v) is 4.82. The maximum Gasteiger partial charge on any atom is 0.573 e. The Balaban J connectivity index is 2.07. The number of nitrogens with one attached hydrogen (secondary N) is 1. The molecule has 0 aliphatic rings. The number of hydrogen-bond acceptors (Lipinski definition) is 4. The third kappa shape index (κ3) is 6.01. The molecule has 0 saturated carbocycles. The minimum Gasteiger partial charge on any atom is -0.406 e. The van der Waals surface area contributed by atoms with Crippen LogP contribution in [-0.2, 0) is 27.9 Å². The number of benzene rings is 2. The first kappa shape index (κ1) is 20.2. The summed E-state index contributed by atoms with van der Waals surface area (Å²) < 4.78 is 72.6. The van der Waals surface area contributed by atoms with Gasteiger partial charge in [-0.1, -0.05) is 24.3 Å². The van der Waals surface area contributed by atoms with E-state index in [1.54, 1.807) is 12.1 Å². The van der Waals surface area contributed by atoms with Crippen molar-refractivity contribution in [3.63, 3.8) is 0 Å². The summed E-state index contributed by atoms with van der Waals surface area (Å²) in [6, 6.07) is 11.2. The molecule has 0 heterocycles. The van der Waals surface area contributed by atoms with Crippen molar-refractivity contribution in [1.29, 1.82) is 0 Å². The van der Waals surface area contributed by atoms with Crippen LogP contribution in [0.1, 0.15) is 18.1 Å². The van der Waals surface area contributed by atoms with E-state index in [1.807, 2.05) is 19.1 Å². The van der Waals surface area contributed by atoms with Crippen LogP contribution in [0.2, 0.25) is 0 Å². The number of rotatable bonds is 8. The van der Waals surface area contributed by atoms with Crippen molar-refractivity contribution in [1.82, 2.24) is 4.72 Å². The molecule has 0 aromatic heterocycles. The summed E-state index contributed by atoms with van der Waals surface area (Å²) in [5.41, 5.74) is 1.60. The van der Waals surface area contributed by atoms with E-state index in [1.165, 1.54) is 0 Å². The Kier molecular flexibility index (Phi) is 6.63. The number of hydrogen-bond donors (Lipinski definition) is 1. The zero-order valence-electron chi connectivity index (χ0n) is 13.9. The lowest BCUT2D eigenvalue weighted by Gasteiger charge is -2.12. The van der Waals surface area contributed by atoms with Crippen LogP contribution in [0.5, 0.6) is 5.75 Å². The summed E-state index contributed by atoms with van der Waals surface area (Å²) in [5.74, 6) is -0.487. The minimum atomic E-state index is -4.83. The van der Waals surface area contributed by atoms with Gasteiger partial charge in [0.25, 0.3) is 0 Å². The first-order valence-corrected chi connectivity index (χ1v) is 9.19. The van der Waals surface area contributed by atoms with Crippen molar-refractivity contribution in [3.8, 4) is 5.75 Å². The van der Waals surface area contributed by atoms with Crippen molar-refractivity contribution < 1.29 is 31.1 Å². The van der Waals surface area contributed by atoms with Crippen molar-refractivity contribution in [2.24, 2.45) is 0 Å². The molecule has 26 heavy (non-hydrogen) atoms. The van der Waals surface area contributed by atoms with Gasteiger partial charge in [0.1, 0.15) is 5.75 Å². The molecule has 9 heteroatoms. The molecule has 0 bridgehead atoms. The van der Waals surface area contributed by atoms with Gasteiger partial charge < -0.3 is 9.47 Å². The summed E-state index contributed by atoms with van der Waals surface area (Å²) in [5, 5.41) is 0. The maximum absolute atomic E-state index is 12.3. The minimum absolute atomic E-state index is 0.0341. The van der Waals surface area contributed by atoms with E-state index >= 15 is 0 Å². The van der Waals surface area contributed by atoms with Gasteiger partial charge in [0.15, 0.2) is 0 Å². The summed E-state index contributed by atoms with van der Waals surface area (Å²) in [6.07, 6.45) is -4.83. The molecule has 2 rings (SSSR count). The summed E-state index contributed by atoms with van der Waals surface area (Å²) >= 11 is 0. The maximum atomic E-state index is 12.3. The summed E-state index contributed by atoms with van der Waals surface area (Å²) in [4.78, 5) is -0.158. The second kappa shape index (κ2) is 8.52. The van der Waals surface area contributed by atoms with Crippen LogP contribution in [0.15, 0.2) is 53.4 Å². The largest absolute Gasteiger partial charge is 0.573 e. The van der Waals surface area contributed by atoms with Crippen LogP contribution in [0.3, 0.4) is 0 Å². The molecule has 0 aliphatic heterocycles. The van der Waals surface area contributed by atoms with Crippen LogP contribution in [0.25, 0.3) is 0 Å². The molecule has 0 aliphatic carbocycles. The van der Waals surface area contributed by atoms with Gasteiger partial charge in [0, 0.05) is 13.2 Å². The van der Waals surface area contributed by atoms with Crippen molar-refractivity contribution in [2.45, 2.75) is 31.3 Å². The zero-order valence-corrected chi connectivity index (χ0v) is 14.7. The van der Waals surface area contributed by atoms with E-state index in [4.69, 9.17) is 4.74 Å². The van der Waals surface area contributed by atoms with Gasteiger partial charge in [-0.2, -0.15) is 0 Å². The SMILES string of the molecule is CCOCc1ccccc1CNS(=O)(=O)c1ccc(OC(F)(F)F)cc1. The van der Waals surface area contributed by atoms with Crippen LogP contribution in [-0.4, -0.2) is 21.4 Å². The Morgan fingerprint density at radius 2 is 1.62 bits per heavy atom. The average Bonchev–Trinajstić information content (AvgIpc) is 2.58. The fourth-order valence-corrected chi connectivity index (χ4v) is 3.17. The summed E-state index contributed by atoms with van der Waals surface area (Å²) in [6.45, 7) is 2.79. The fourth-order valence-electron chi connectivity index (χ4n) is 2.16. The smallest absolute Gasteiger partial charge is 0.406 e. The zero-order chi connectivity index (χ0) is 19.2. The van der Waals surface area contributed by atoms with E-state index in [0.29, 0.717) is 13.2 Å². The van der Waals surface area contributed by atoms with Crippen molar-refractivity contribution >= 4 is 10.0 Å². The highest BCUT2D eigenvalue weighted by atomic mass is 32.2. The van der Waals surface area contributed by atoms with Gasteiger partial charge in [-0.05, 0) is 42.3 Å². The van der Waals surface area contributed by atoms with Crippen molar-refractivity contribution in [3.05, 3.63) is 59.7 Å². The predicted octanol–water partition coefficient (Wildman–Crippen LogP) is 3.60. The Hall–Kier alpha value is -2.10. The Morgan fingerprint density at radius 1 is 1.00 bits per heavy atom. The monoisotopic (exact) mass is 389 g/mol. The highest BCUT2D eigenvalue weighted by molar-refractivity contribution is 7.89. The topological polar surface area (TPSA) is 64.6 Å². The predicted molar refractivity (Wildman–Crippen MR) is 88.9 cm³/mol. The Labute approximate surface area is 149 Å². The Morgan fingerprint density at radius 3 is 2.19 bits per heavy atom. The van der Waals surface area contributed by atoms with E-state index in [-0.39, 0.29) is 11.4 Å². The molecule has 2 aromatic carbocycles. The molecule has 2 aromatic rings. The molecule has 0 fully saturated rings. The van der Waals surface area contributed by atoms with Gasteiger partial charge in [-0.3, -0.25) is 0 Å². The lowest BCUT2D eigenvalue weighted by Crippen LogP contribution is -2.24. The van der Waals surface area contributed by atoms with Gasteiger partial charge >= 0.3 is 6.36 Å². The molecule has 142 valence electrons. The molecule has 0 amide bonds. The van der Waals surface area contributed by atoms with Crippen LogP contribution < -0.4 is 9.46 Å². The van der Waals surface area contributed by atoms with E-state index in [2.05, 4.69) is 9.46 Å². The van der Waals surface area contributed by atoms with Gasteiger partial charge in [-0.15, -0.1) is 13.2 Å². The first-order chi connectivity index (χ1) is 12.2. The quantitative estimate of drug-likeness (QED) is 0.749. The van der Waals surface area contributed by atoms with Crippen molar-refractivity contribution in [2.75, 3.05) is 6.61 Å². The molecule has 0 atom stereocenters. The molecule has 0 unspecified atom stereocenters. The molecule has 0 radical (unpaired) electrons. The lowest BCUT2D eigenvalue weighted by atomic mass is 10.1. The number of halogens is 3. The van der Waals surface area contributed by atoms with Crippen LogP contribution in [0, 0.1) is 0 Å². The van der Waals surface area contributed by atoms with E-state index in [0.717, 1.165) is 35.4 Å². The number of ether oxygens (including phenoxy) is 2. The second-order valence-electron chi connectivity index (χ2n) is 5.25. The van der Waals surface area contributed by atoms with Gasteiger partial charge in [0.05, 0.1) is 11.5 Å². The highest BCUT2D eigenvalue weighted by Gasteiger charge is 2.31. The fraction of sp³-hybridized carbons (Fsp3) is 0.294. The normalized spacial score (nSPS) is 12.2. The molecular formula is C17H18F3NO4S. The number of sulfonamides is 1. The van der Waals surface area contributed by atoms with Gasteiger partial charge in [0.2, 0.25) is 10.0 Å². The van der Waals surface area contributed by atoms with E-state index in [9.17, 15) is 21.6 Å². The second-order valence-corrected chi connectivity index (χ2v) is 7.02. The van der Waals surface area contributed by atoms with Gasteiger partial charge in [-0.25, -0.2) is 13.1 Å². The molecular weight excluding hydrogens is 371 g/mol. The average molecular weight is 389 g/mol. The summed E-state index contributed by atoms with van der Waals surface area (Å²) in [7, 11) is -3.88. The third-order valence-electron chi connectivity index (χ3n) is 3.40. The highest BCUT2D eigenvalue weighted by Crippen LogP contribution is 2.24. The molecule has 0 spiro atoms. The molecule has 1 N–H and O–H groups in total. The van der Waals surface area contributed by atoms with Crippen LogP contribution in [0.4, 0.5) is 13.2 Å². The first-order valence-electron chi connectivity index (χ1n) is 7.71. The molecule has 5 nitrogen and oxygen atoms in total.